The van der Waals surface area contributed by atoms with Crippen LogP contribution in [0, 0.1) is 0 Å². The van der Waals surface area contributed by atoms with Crippen molar-refractivity contribution in [1.82, 2.24) is 24.5 Å². The average Bonchev–Trinajstić information content (AvgIpc) is 3.16. The molecule has 7 heteroatoms. The first kappa shape index (κ1) is 17.2. The molecular weight excluding hydrogens is 306 g/mol. The average molecular weight is 335 g/mol. The van der Waals surface area contributed by atoms with Gasteiger partial charge in [-0.2, -0.15) is 5.10 Å². The predicted molar refractivity (Wildman–Crippen MR) is 91.9 cm³/mol. The molecule has 0 N–H and O–H groups in total. The Labute approximate surface area is 144 Å². The van der Waals surface area contributed by atoms with Crippen molar-refractivity contribution >= 4 is 6.03 Å². The molecule has 134 valence electrons. The fourth-order valence-electron chi connectivity index (χ4n) is 3.34. The minimum absolute atomic E-state index is 0.192. The highest BCUT2D eigenvalue weighted by atomic mass is 16.5. The maximum atomic E-state index is 12.4. The molecule has 24 heavy (non-hydrogen) atoms. The number of hydrogen-bond donors (Lipinski definition) is 0. The quantitative estimate of drug-likeness (QED) is 0.731. The summed E-state index contributed by atoms with van der Waals surface area (Å²) in [7, 11) is 0. The van der Waals surface area contributed by atoms with Crippen molar-refractivity contribution in [3.05, 3.63) is 18.5 Å². The molecule has 3 rings (SSSR count). The van der Waals surface area contributed by atoms with Gasteiger partial charge in [0.2, 0.25) is 0 Å². The summed E-state index contributed by atoms with van der Waals surface area (Å²) < 4.78 is 7.31. The van der Waals surface area contributed by atoms with Gasteiger partial charge in [-0.3, -0.25) is 9.58 Å². The summed E-state index contributed by atoms with van der Waals surface area (Å²) in [6.07, 6.45) is 7.48. The van der Waals surface area contributed by atoms with Gasteiger partial charge < -0.3 is 14.5 Å². The largest absolute Gasteiger partial charge is 0.378 e. The third kappa shape index (κ3) is 4.95. The Morgan fingerprint density at radius 3 is 2.33 bits per heavy atom. The second-order valence-corrected chi connectivity index (χ2v) is 6.54. The first-order chi connectivity index (χ1) is 11.8. The third-order valence-corrected chi connectivity index (χ3v) is 4.85. The lowest BCUT2D eigenvalue weighted by atomic mass is 10.2. The SMILES string of the molecule is O=C(N1CCOCC1)N1CCN(CCCCCn2cccn2)CC1. The van der Waals surface area contributed by atoms with E-state index >= 15 is 0 Å². The van der Waals surface area contributed by atoms with Crippen LogP contribution in [0.1, 0.15) is 19.3 Å². The molecule has 0 bridgehead atoms. The molecule has 0 atom stereocenters. The highest BCUT2D eigenvalue weighted by Crippen LogP contribution is 2.09. The van der Waals surface area contributed by atoms with Gasteiger partial charge in [-0.05, 0) is 25.5 Å². The summed E-state index contributed by atoms with van der Waals surface area (Å²) >= 11 is 0. The van der Waals surface area contributed by atoms with Gasteiger partial charge in [-0.15, -0.1) is 0 Å². The van der Waals surface area contributed by atoms with Gasteiger partial charge >= 0.3 is 6.03 Å². The van der Waals surface area contributed by atoms with Crippen LogP contribution in [-0.4, -0.2) is 89.5 Å². The number of hydrogen-bond acceptors (Lipinski definition) is 4. The molecular formula is C17H29N5O2. The highest BCUT2D eigenvalue weighted by Gasteiger charge is 2.25. The van der Waals surface area contributed by atoms with Crippen LogP contribution in [0.5, 0.6) is 0 Å². The molecule has 3 heterocycles. The van der Waals surface area contributed by atoms with E-state index in [1.165, 1.54) is 19.3 Å². The maximum Gasteiger partial charge on any atom is 0.320 e. The first-order valence-electron chi connectivity index (χ1n) is 9.14. The number of rotatable bonds is 6. The zero-order chi connectivity index (χ0) is 16.6. The van der Waals surface area contributed by atoms with Crippen molar-refractivity contribution in [3.8, 4) is 0 Å². The molecule has 7 nitrogen and oxygen atoms in total. The molecule has 2 fully saturated rings. The van der Waals surface area contributed by atoms with E-state index in [0.717, 1.165) is 52.4 Å². The second-order valence-electron chi connectivity index (χ2n) is 6.54. The van der Waals surface area contributed by atoms with E-state index in [1.54, 1.807) is 0 Å². The molecule has 0 radical (unpaired) electrons. The van der Waals surface area contributed by atoms with Gasteiger partial charge in [0.05, 0.1) is 13.2 Å². The number of aryl methyl sites for hydroxylation is 1. The van der Waals surface area contributed by atoms with E-state index in [1.807, 2.05) is 32.9 Å². The summed E-state index contributed by atoms with van der Waals surface area (Å²) in [5.41, 5.74) is 0. The second kappa shape index (κ2) is 9.03. The van der Waals surface area contributed by atoms with Crippen LogP contribution in [0.25, 0.3) is 0 Å². The molecule has 2 aliphatic rings. The number of carbonyl (C=O) groups is 1. The summed E-state index contributed by atoms with van der Waals surface area (Å²) in [4.78, 5) is 18.8. The number of amides is 2. The molecule has 0 spiro atoms. The van der Waals surface area contributed by atoms with E-state index in [2.05, 4.69) is 10.00 Å². The van der Waals surface area contributed by atoms with Crippen LogP contribution in [0.3, 0.4) is 0 Å². The van der Waals surface area contributed by atoms with Crippen LogP contribution >= 0.6 is 0 Å². The Kier molecular flexibility index (Phi) is 6.48. The molecule has 0 saturated carbocycles. The topological polar surface area (TPSA) is 53.8 Å². The number of aromatic nitrogens is 2. The fraction of sp³-hybridized carbons (Fsp3) is 0.765. The van der Waals surface area contributed by atoms with Crippen LogP contribution in [0.15, 0.2) is 18.5 Å². The third-order valence-electron chi connectivity index (χ3n) is 4.85. The Morgan fingerprint density at radius 1 is 0.917 bits per heavy atom. The summed E-state index contributed by atoms with van der Waals surface area (Å²) in [5.74, 6) is 0. The van der Waals surface area contributed by atoms with Gasteiger partial charge in [-0.25, -0.2) is 4.79 Å². The summed E-state index contributed by atoms with van der Waals surface area (Å²) in [6, 6.07) is 2.16. The predicted octanol–water partition coefficient (Wildman–Crippen LogP) is 1.12. The number of urea groups is 1. The van der Waals surface area contributed by atoms with Crippen LogP contribution < -0.4 is 0 Å². The molecule has 1 aromatic rings. The Bertz CT molecular complexity index is 479. The molecule has 2 aliphatic heterocycles. The van der Waals surface area contributed by atoms with E-state index in [0.29, 0.717) is 13.2 Å². The number of unbranched alkanes of at least 4 members (excludes halogenated alkanes) is 2. The molecule has 0 unspecified atom stereocenters. The van der Waals surface area contributed by atoms with Crippen LogP contribution in [0.2, 0.25) is 0 Å². The van der Waals surface area contributed by atoms with Crippen LogP contribution in [-0.2, 0) is 11.3 Å². The highest BCUT2D eigenvalue weighted by molar-refractivity contribution is 5.74. The van der Waals surface area contributed by atoms with Crippen molar-refractivity contribution in [2.45, 2.75) is 25.8 Å². The normalized spacial score (nSPS) is 19.7. The number of nitrogens with zero attached hydrogens (tertiary/aromatic N) is 5. The molecule has 2 saturated heterocycles. The fourth-order valence-corrected chi connectivity index (χ4v) is 3.34. The minimum atomic E-state index is 0.192. The Balaban J connectivity index is 1.27. The van der Waals surface area contributed by atoms with Crippen molar-refractivity contribution in [2.75, 3.05) is 59.0 Å². The number of piperazine rings is 1. The van der Waals surface area contributed by atoms with Crippen molar-refractivity contribution in [2.24, 2.45) is 0 Å². The van der Waals surface area contributed by atoms with E-state index in [9.17, 15) is 4.79 Å². The van der Waals surface area contributed by atoms with Crippen LogP contribution in [0.4, 0.5) is 4.79 Å². The van der Waals surface area contributed by atoms with Gasteiger partial charge in [-0.1, -0.05) is 6.42 Å². The number of morpholine rings is 1. The zero-order valence-electron chi connectivity index (χ0n) is 14.5. The van der Waals surface area contributed by atoms with E-state index in [4.69, 9.17) is 4.74 Å². The lowest BCUT2D eigenvalue weighted by Gasteiger charge is -2.38. The molecule has 0 aromatic carbocycles. The maximum absolute atomic E-state index is 12.4. The summed E-state index contributed by atoms with van der Waals surface area (Å²) in [6.45, 7) is 8.64. The van der Waals surface area contributed by atoms with Crippen molar-refractivity contribution in [1.29, 1.82) is 0 Å². The first-order valence-corrected chi connectivity index (χ1v) is 9.14. The molecule has 2 amide bonds. The Morgan fingerprint density at radius 2 is 1.62 bits per heavy atom. The van der Waals surface area contributed by atoms with Crippen molar-refractivity contribution < 1.29 is 9.53 Å². The number of ether oxygens (including phenoxy) is 1. The smallest absolute Gasteiger partial charge is 0.320 e. The van der Waals surface area contributed by atoms with Gasteiger partial charge in [0.1, 0.15) is 0 Å². The summed E-state index contributed by atoms with van der Waals surface area (Å²) in [5, 5.41) is 4.22. The standard InChI is InChI=1S/C17H29N5O2/c23-17(21-13-15-24-16-14-21)20-11-9-19(10-12-20)6-2-1-3-7-22-8-4-5-18-22/h4-5,8H,1-3,6-7,9-16H2. The van der Waals surface area contributed by atoms with E-state index < -0.39 is 0 Å². The van der Waals surface area contributed by atoms with Crippen molar-refractivity contribution in [3.63, 3.8) is 0 Å². The lowest BCUT2D eigenvalue weighted by molar-refractivity contribution is 0.0376. The number of carbonyl (C=O) groups excluding carboxylic acids is 1. The Hall–Kier alpha value is -1.60. The monoisotopic (exact) mass is 335 g/mol. The minimum Gasteiger partial charge on any atom is -0.378 e. The molecule has 1 aromatic heterocycles. The van der Waals surface area contributed by atoms with Gasteiger partial charge in [0.15, 0.2) is 0 Å². The molecule has 0 aliphatic carbocycles. The zero-order valence-corrected chi connectivity index (χ0v) is 14.5. The van der Waals surface area contributed by atoms with E-state index in [-0.39, 0.29) is 6.03 Å². The van der Waals surface area contributed by atoms with Gasteiger partial charge in [0, 0.05) is 58.2 Å². The van der Waals surface area contributed by atoms with Gasteiger partial charge in [0.25, 0.3) is 0 Å². The lowest BCUT2D eigenvalue weighted by Crippen LogP contribution is -2.54.